The maximum atomic E-state index is 11.8. The predicted molar refractivity (Wildman–Crippen MR) is 72.5 cm³/mol. The van der Waals surface area contributed by atoms with Crippen LogP contribution in [-0.2, 0) is 9.59 Å². The number of nitrogens with one attached hydrogen (secondary N) is 1. The van der Waals surface area contributed by atoms with Crippen LogP contribution in [0.5, 0.6) is 0 Å². The number of aliphatic carboxylic acids is 1. The zero-order valence-corrected chi connectivity index (χ0v) is 12.0. The Kier molecular flexibility index (Phi) is 6.49. The Labute approximate surface area is 117 Å². The molecule has 0 unspecified atom stereocenters. The van der Waals surface area contributed by atoms with Crippen LogP contribution in [0.2, 0.25) is 0 Å². The predicted octanol–water partition coefficient (Wildman–Crippen LogP) is 1.66. The Morgan fingerprint density at radius 3 is 2.79 bits per heavy atom. The van der Waals surface area contributed by atoms with Gasteiger partial charge in [-0.05, 0) is 12.3 Å². The van der Waals surface area contributed by atoms with Crippen molar-refractivity contribution < 1.29 is 14.7 Å². The van der Waals surface area contributed by atoms with Crippen molar-refractivity contribution in [3.63, 3.8) is 0 Å². The van der Waals surface area contributed by atoms with Crippen molar-refractivity contribution in [3.05, 3.63) is 11.6 Å². The molecule has 0 aromatic carbocycles. The first-order valence-electron chi connectivity index (χ1n) is 6.44. The lowest BCUT2D eigenvalue weighted by Gasteiger charge is -2.24. The Bertz CT molecular complexity index is 406. The molecule has 0 aliphatic carbocycles. The molecule has 19 heavy (non-hydrogen) atoms. The Hall–Kier alpha value is -1.43. The van der Waals surface area contributed by atoms with E-state index >= 15 is 0 Å². The molecule has 5 nitrogen and oxygen atoms in total. The fourth-order valence-corrected chi connectivity index (χ4v) is 2.49. The maximum Gasteiger partial charge on any atom is 0.226 e. The summed E-state index contributed by atoms with van der Waals surface area (Å²) in [5, 5.41) is 16.1. The number of unbranched alkanes of at least 4 members (excludes halogenated alkanes) is 1. The first kappa shape index (κ1) is 15.6. The number of carboxylic acid groups (broad SMARTS) is 1. The van der Waals surface area contributed by atoms with Crippen LogP contribution < -0.4 is 10.4 Å². The number of hydrogen-bond donors (Lipinski definition) is 1. The number of amides is 1. The van der Waals surface area contributed by atoms with Gasteiger partial charge in [-0.15, -0.1) is 11.3 Å². The van der Waals surface area contributed by atoms with Gasteiger partial charge < -0.3 is 15.2 Å². The molecule has 0 saturated heterocycles. The van der Waals surface area contributed by atoms with Gasteiger partial charge in [-0.3, -0.25) is 4.79 Å². The Morgan fingerprint density at radius 2 is 2.26 bits per heavy atom. The molecular formula is C13H19N2O3S-. The summed E-state index contributed by atoms with van der Waals surface area (Å²) in [6, 6.07) is 0. The number of hydrogen-bond acceptors (Lipinski definition) is 5. The maximum absolute atomic E-state index is 11.8. The third-order valence-electron chi connectivity index (χ3n) is 3.04. The number of carbonyl (C=O) groups is 2. The molecule has 1 rings (SSSR count). The van der Waals surface area contributed by atoms with Crippen molar-refractivity contribution in [1.29, 1.82) is 0 Å². The van der Waals surface area contributed by atoms with Gasteiger partial charge >= 0.3 is 0 Å². The molecule has 1 amide bonds. The van der Waals surface area contributed by atoms with Crippen molar-refractivity contribution in [2.45, 2.75) is 39.5 Å². The van der Waals surface area contributed by atoms with E-state index in [9.17, 15) is 14.7 Å². The molecule has 0 fully saturated rings. The van der Waals surface area contributed by atoms with Crippen molar-refractivity contribution in [1.82, 2.24) is 4.98 Å². The number of carbonyl (C=O) groups excluding carboxylic acids is 2. The quantitative estimate of drug-likeness (QED) is 0.786. The molecule has 0 saturated carbocycles. The van der Waals surface area contributed by atoms with Crippen LogP contribution >= 0.6 is 11.3 Å². The van der Waals surface area contributed by atoms with Crippen LogP contribution in [0, 0.1) is 11.8 Å². The number of aromatic nitrogens is 1. The molecule has 2 atom stereocenters. The molecule has 106 valence electrons. The van der Waals surface area contributed by atoms with E-state index < -0.39 is 11.9 Å². The highest BCUT2D eigenvalue weighted by atomic mass is 32.1. The van der Waals surface area contributed by atoms with Crippen LogP contribution in [0.25, 0.3) is 0 Å². The van der Waals surface area contributed by atoms with Gasteiger partial charge in [-0.1, -0.05) is 26.7 Å². The summed E-state index contributed by atoms with van der Waals surface area (Å²) in [7, 11) is 0. The summed E-state index contributed by atoms with van der Waals surface area (Å²) in [5.74, 6) is -2.08. The van der Waals surface area contributed by atoms with Gasteiger partial charge in [0.25, 0.3) is 0 Å². The summed E-state index contributed by atoms with van der Waals surface area (Å²) in [5.41, 5.74) is 0. The van der Waals surface area contributed by atoms with E-state index in [-0.39, 0.29) is 18.2 Å². The first-order chi connectivity index (χ1) is 9.04. The molecule has 0 aliphatic rings. The molecule has 0 bridgehead atoms. The largest absolute Gasteiger partial charge is 0.550 e. The van der Waals surface area contributed by atoms with E-state index in [1.807, 2.05) is 6.92 Å². The fraction of sp³-hybridized carbons (Fsp3) is 0.615. The van der Waals surface area contributed by atoms with Gasteiger partial charge in [0.15, 0.2) is 5.13 Å². The molecule has 6 heteroatoms. The van der Waals surface area contributed by atoms with E-state index in [2.05, 4.69) is 10.3 Å². The first-order valence-corrected chi connectivity index (χ1v) is 7.32. The normalized spacial score (nSPS) is 13.8. The van der Waals surface area contributed by atoms with Crippen LogP contribution in [0.4, 0.5) is 5.13 Å². The minimum Gasteiger partial charge on any atom is -0.550 e. The molecule has 0 radical (unpaired) electrons. The molecule has 0 spiro atoms. The highest BCUT2D eigenvalue weighted by Crippen LogP contribution is 2.22. The lowest BCUT2D eigenvalue weighted by molar-refractivity contribution is -0.313. The zero-order valence-electron chi connectivity index (χ0n) is 11.2. The van der Waals surface area contributed by atoms with Crippen molar-refractivity contribution in [2.75, 3.05) is 5.32 Å². The van der Waals surface area contributed by atoms with Crippen LogP contribution in [-0.4, -0.2) is 16.9 Å². The third-order valence-corrected chi connectivity index (χ3v) is 3.73. The molecule has 1 heterocycles. The topological polar surface area (TPSA) is 82.1 Å². The number of rotatable bonds is 8. The summed E-state index contributed by atoms with van der Waals surface area (Å²) < 4.78 is 0. The van der Waals surface area contributed by atoms with E-state index in [1.54, 1.807) is 18.5 Å². The van der Waals surface area contributed by atoms with Crippen LogP contribution in [0.3, 0.4) is 0 Å². The van der Waals surface area contributed by atoms with Crippen molar-refractivity contribution in [2.24, 2.45) is 11.8 Å². The Morgan fingerprint density at radius 1 is 1.53 bits per heavy atom. The minimum atomic E-state index is -1.07. The highest BCUT2D eigenvalue weighted by molar-refractivity contribution is 7.13. The van der Waals surface area contributed by atoms with Crippen LogP contribution in [0.1, 0.15) is 39.5 Å². The molecule has 0 aliphatic heterocycles. The number of anilines is 1. The standard InChI is InChI=1S/C13H20N2O3S/c1-3-4-5-10(12(17)18)9(2)8-11(16)15-13-14-6-7-19-13/h6-7,9-10H,3-5,8H2,1-2H3,(H,17,18)(H,14,15,16)/p-1/t9-,10+/m1/s1. The average molecular weight is 283 g/mol. The van der Waals surface area contributed by atoms with Gasteiger partial charge in [0.1, 0.15) is 0 Å². The SMILES string of the molecule is CCCC[C@H](C(=O)[O-])[C@H](C)CC(=O)Nc1nccs1. The second-order valence-corrected chi connectivity index (χ2v) is 5.53. The monoisotopic (exact) mass is 283 g/mol. The Balaban J connectivity index is 2.48. The number of thiazole rings is 1. The second kappa shape index (κ2) is 7.89. The lowest BCUT2D eigenvalue weighted by atomic mass is 9.87. The smallest absolute Gasteiger partial charge is 0.226 e. The van der Waals surface area contributed by atoms with Gasteiger partial charge in [0, 0.05) is 29.9 Å². The molecular weight excluding hydrogens is 264 g/mol. The zero-order chi connectivity index (χ0) is 14.3. The number of nitrogens with zero attached hydrogens (tertiary/aromatic N) is 1. The number of carboxylic acids is 1. The summed E-state index contributed by atoms with van der Waals surface area (Å²) in [6.07, 6.45) is 4.10. The van der Waals surface area contributed by atoms with E-state index in [0.29, 0.717) is 11.6 Å². The molecule has 1 N–H and O–H groups in total. The highest BCUT2D eigenvalue weighted by Gasteiger charge is 2.21. The van der Waals surface area contributed by atoms with Crippen molar-refractivity contribution in [3.8, 4) is 0 Å². The van der Waals surface area contributed by atoms with Crippen LogP contribution in [0.15, 0.2) is 11.6 Å². The van der Waals surface area contributed by atoms with Gasteiger partial charge in [0.2, 0.25) is 5.91 Å². The van der Waals surface area contributed by atoms with E-state index in [1.165, 1.54) is 11.3 Å². The van der Waals surface area contributed by atoms with Gasteiger partial charge in [0.05, 0.1) is 0 Å². The molecule has 1 aromatic rings. The van der Waals surface area contributed by atoms with E-state index in [4.69, 9.17) is 0 Å². The lowest BCUT2D eigenvalue weighted by Crippen LogP contribution is -2.36. The molecule has 1 aromatic heterocycles. The van der Waals surface area contributed by atoms with E-state index in [0.717, 1.165) is 12.8 Å². The van der Waals surface area contributed by atoms with Gasteiger partial charge in [-0.25, -0.2) is 4.98 Å². The third kappa shape index (κ3) is 5.38. The summed E-state index contributed by atoms with van der Waals surface area (Å²) in [4.78, 5) is 26.8. The van der Waals surface area contributed by atoms with Crippen molar-refractivity contribution >= 4 is 28.3 Å². The average Bonchev–Trinajstić information content (AvgIpc) is 2.81. The summed E-state index contributed by atoms with van der Waals surface area (Å²) in [6.45, 7) is 3.78. The second-order valence-electron chi connectivity index (χ2n) is 4.63. The summed E-state index contributed by atoms with van der Waals surface area (Å²) >= 11 is 1.34. The minimum absolute atomic E-state index is 0.169. The fourth-order valence-electron chi connectivity index (χ4n) is 1.95. The van der Waals surface area contributed by atoms with Gasteiger partial charge in [-0.2, -0.15) is 0 Å².